The van der Waals surface area contributed by atoms with Crippen molar-refractivity contribution in [3.63, 3.8) is 0 Å². The van der Waals surface area contributed by atoms with Gasteiger partial charge in [-0.05, 0) is 55.7 Å². The maximum atomic E-state index is 12.4. The molecule has 162 valence electrons. The fourth-order valence-corrected chi connectivity index (χ4v) is 3.44. The van der Waals surface area contributed by atoms with E-state index in [0.29, 0.717) is 33.2 Å². The van der Waals surface area contributed by atoms with Crippen LogP contribution in [0.15, 0.2) is 45.6 Å². The number of carboxylic acids is 1. The van der Waals surface area contributed by atoms with Crippen LogP contribution in [0.2, 0.25) is 0 Å². The van der Waals surface area contributed by atoms with Crippen molar-refractivity contribution in [2.24, 2.45) is 0 Å². The van der Waals surface area contributed by atoms with Crippen LogP contribution in [0, 0.1) is 13.8 Å². The Balaban J connectivity index is 1.72. The minimum Gasteiger partial charge on any atom is -0.508 e. The molecule has 31 heavy (non-hydrogen) atoms. The van der Waals surface area contributed by atoms with E-state index in [1.54, 1.807) is 32.0 Å². The summed E-state index contributed by atoms with van der Waals surface area (Å²) in [6.07, 6.45) is 0.0518. The zero-order valence-corrected chi connectivity index (χ0v) is 17.1. The lowest BCUT2D eigenvalue weighted by Gasteiger charge is -2.15. The van der Waals surface area contributed by atoms with Crippen molar-refractivity contribution in [2.75, 3.05) is 0 Å². The fourth-order valence-electron chi connectivity index (χ4n) is 3.44. The average Bonchev–Trinajstić information content (AvgIpc) is 2.72. The lowest BCUT2D eigenvalue weighted by atomic mass is 10.00. The number of carboxylic acid groups (broad SMARTS) is 1. The number of phenolic OH excluding ortho intramolecular Hbond substituents is 2. The third kappa shape index (κ3) is 4.85. The van der Waals surface area contributed by atoms with E-state index in [1.165, 1.54) is 18.2 Å². The van der Waals surface area contributed by atoms with Gasteiger partial charge in [0.05, 0.1) is 0 Å². The molecule has 1 atom stereocenters. The summed E-state index contributed by atoms with van der Waals surface area (Å²) in [6.45, 7) is 3.39. The number of benzene rings is 2. The average molecular weight is 425 g/mol. The van der Waals surface area contributed by atoms with E-state index in [1.807, 2.05) is 0 Å². The van der Waals surface area contributed by atoms with Crippen molar-refractivity contribution in [2.45, 2.75) is 39.2 Å². The summed E-state index contributed by atoms with van der Waals surface area (Å²) in [5.74, 6) is -1.60. The minimum atomic E-state index is -1.18. The zero-order chi connectivity index (χ0) is 22.7. The number of aliphatic carboxylic acids is 1. The van der Waals surface area contributed by atoms with Crippen LogP contribution in [0.25, 0.3) is 11.0 Å². The van der Waals surface area contributed by atoms with E-state index in [4.69, 9.17) is 4.42 Å². The predicted molar refractivity (Wildman–Crippen MR) is 113 cm³/mol. The minimum absolute atomic E-state index is 0.0236. The Morgan fingerprint density at radius 3 is 2.35 bits per heavy atom. The van der Waals surface area contributed by atoms with Gasteiger partial charge < -0.3 is 25.1 Å². The summed E-state index contributed by atoms with van der Waals surface area (Å²) >= 11 is 0. The number of amides is 1. The van der Waals surface area contributed by atoms with Crippen LogP contribution in [0.3, 0.4) is 0 Å². The molecule has 0 spiro atoms. The van der Waals surface area contributed by atoms with Gasteiger partial charge in [0, 0.05) is 29.4 Å². The molecule has 0 unspecified atom stereocenters. The molecule has 1 aromatic heterocycles. The highest BCUT2D eigenvalue weighted by Crippen LogP contribution is 2.28. The van der Waals surface area contributed by atoms with Crippen molar-refractivity contribution in [1.29, 1.82) is 0 Å². The second-order valence-electron chi connectivity index (χ2n) is 7.41. The predicted octanol–water partition coefficient (Wildman–Crippen LogP) is 2.57. The third-order valence-corrected chi connectivity index (χ3v) is 5.29. The highest BCUT2D eigenvalue weighted by molar-refractivity contribution is 5.86. The molecular formula is C23H23NO7. The summed E-state index contributed by atoms with van der Waals surface area (Å²) in [7, 11) is 0. The molecular weight excluding hydrogens is 402 g/mol. The monoisotopic (exact) mass is 425 g/mol. The lowest BCUT2D eigenvalue weighted by Crippen LogP contribution is -2.42. The lowest BCUT2D eigenvalue weighted by molar-refractivity contribution is -0.141. The molecule has 4 N–H and O–H groups in total. The van der Waals surface area contributed by atoms with Gasteiger partial charge in [-0.15, -0.1) is 0 Å². The molecule has 3 rings (SSSR count). The fraction of sp³-hybridized carbons (Fsp3) is 0.261. The molecule has 3 aromatic rings. The number of nitrogens with one attached hydrogen (secondary N) is 1. The molecule has 0 aliphatic rings. The first-order chi connectivity index (χ1) is 14.7. The second-order valence-corrected chi connectivity index (χ2v) is 7.41. The third-order valence-electron chi connectivity index (χ3n) is 5.29. The summed E-state index contributed by atoms with van der Waals surface area (Å²) < 4.78 is 5.36. The van der Waals surface area contributed by atoms with Crippen LogP contribution >= 0.6 is 0 Å². The van der Waals surface area contributed by atoms with E-state index >= 15 is 0 Å². The molecule has 0 fully saturated rings. The number of aryl methyl sites for hydroxylation is 2. The number of carbonyl (C=O) groups excluding carboxylic acids is 1. The van der Waals surface area contributed by atoms with Gasteiger partial charge in [-0.25, -0.2) is 9.59 Å². The van der Waals surface area contributed by atoms with Crippen molar-refractivity contribution in [1.82, 2.24) is 5.32 Å². The largest absolute Gasteiger partial charge is 0.508 e. The number of fused-ring (bicyclic) bond motifs is 1. The first kappa shape index (κ1) is 21.9. The Bertz CT molecular complexity index is 1200. The Kier molecular flexibility index (Phi) is 6.29. The van der Waals surface area contributed by atoms with Crippen LogP contribution in [0.4, 0.5) is 0 Å². The first-order valence-corrected chi connectivity index (χ1v) is 9.72. The van der Waals surface area contributed by atoms with Crippen LogP contribution in [0.5, 0.6) is 11.5 Å². The van der Waals surface area contributed by atoms with E-state index in [0.717, 1.165) is 0 Å². The molecule has 0 saturated heterocycles. The standard InChI is InChI=1S/C23H23NO7/c1-12-16-7-9-19(26)13(2)21(16)31-23(30)17(12)8-10-20(27)24-18(22(28)29)11-14-3-5-15(25)6-4-14/h3-7,9,18,25-26H,8,10-11H2,1-2H3,(H,24,27)(H,28,29)/t18-/m0/s1. The van der Waals surface area contributed by atoms with E-state index in [9.17, 15) is 29.7 Å². The number of hydrogen-bond acceptors (Lipinski definition) is 6. The van der Waals surface area contributed by atoms with Gasteiger partial charge in [0.1, 0.15) is 23.1 Å². The van der Waals surface area contributed by atoms with Crippen molar-refractivity contribution >= 4 is 22.8 Å². The number of aromatic hydroxyl groups is 2. The molecule has 0 saturated carbocycles. The van der Waals surface area contributed by atoms with Crippen molar-refractivity contribution in [3.8, 4) is 11.5 Å². The van der Waals surface area contributed by atoms with Crippen LogP contribution in [-0.4, -0.2) is 33.2 Å². The van der Waals surface area contributed by atoms with E-state index in [-0.39, 0.29) is 30.8 Å². The Hall–Kier alpha value is -3.81. The molecule has 1 amide bonds. The van der Waals surface area contributed by atoms with E-state index in [2.05, 4.69) is 5.32 Å². The molecule has 1 heterocycles. The topological polar surface area (TPSA) is 137 Å². The SMILES string of the molecule is Cc1c(CCC(=O)N[C@@H](Cc2ccc(O)cc2)C(=O)O)c(=O)oc2c(C)c(O)ccc12. The number of hydrogen-bond donors (Lipinski definition) is 4. The molecule has 2 aromatic carbocycles. The van der Waals surface area contributed by atoms with Gasteiger partial charge in [0.2, 0.25) is 5.91 Å². The molecule has 0 bridgehead atoms. The van der Waals surface area contributed by atoms with Gasteiger partial charge in [-0.2, -0.15) is 0 Å². The van der Waals surface area contributed by atoms with Crippen molar-refractivity contribution in [3.05, 3.63) is 69.1 Å². The summed E-state index contributed by atoms with van der Waals surface area (Å²) in [5, 5.41) is 31.7. The first-order valence-electron chi connectivity index (χ1n) is 9.72. The summed E-state index contributed by atoms with van der Waals surface area (Å²) in [5.41, 5.74) is 1.80. The highest BCUT2D eigenvalue weighted by Gasteiger charge is 2.21. The van der Waals surface area contributed by atoms with Crippen molar-refractivity contribution < 1.29 is 29.3 Å². The Morgan fingerprint density at radius 1 is 1.03 bits per heavy atom. The quantitative estimate of drug-likeness (QED) is 0.427. The molecule has 0 aliphatic heterocycles. The zero-order valence-electron chi connectivity index (χ0n) is 17.1. The Morgan fingerprint density at radius 2 is 1.71 bits per heavy atom. The van der Waals surface area contributed by atoms with Gasteiger partial charge >= 0.3 is 11.6 Å². The normalized spacial score (nSPS) is 11.9. The van der Waals surface area contributed by atoms with Crippen LogP contribution < -0.4 is 10.9 Å². The molecule has 8 heteroatoms. The summed E-state index contributed by atoms with van der Waals surface area (Å²) in [6, 6.07) is 8.08. The Labute approximate surface area is 177 Å². The maximum Gasteiger partial charge on any atom is 0.339 e. The summed E-state index contributed by atoms with van der Waals surface area (Å²) in [4.78, 5) is 36.4. The smallest absolute Gasteiger partial charge is 0.339 e. The number of phenols is 2. The second kappa shape index (κ2) is 8.91. The molecule has 8 nitrogen and oxygen atoms in total. The molecule has 0 radical (unpaired) electrons. The number of rotatable bonds is 7. The van der Waals surface area contributed by atoms with Crippen LogP contribution in [-0.2, 0) is 22.4 Å². The van der Waals surface area contributed by atoms with E-state index < -0.39 is 23.5 Å². The van der Waals surface area contributed by atoms with Gasteiger partial charge in [-0.3, -0.25) is 4.79 Å². The number of carbonyl (C=O) groups is 2. The van der Waals surface area contributed by atoms with Gasteiger partial charge in [-0.1, -0.05) is 12.1 Å². The maximum absolute atomic E-state index is 12.4. The van der Waals surface area contributed by atoms with Gasteiger partial charge in [0.15, 0.2) is 0 Å². The van der Waals surface area contributed by atoms with Crippen LogP contribution in [0.1, 0.15) is 28.7 Å². The molecule has 0 aliphatic carbocycles. The van der Waals surface area contributed by atoms with Gasteiger partial charge in [0.25, 0.3) is 0 Å². The highest BCUT2D eigenvalue weighted by atomic mass is 16.4.